The van der Waals surface area contributed by atoms with Crippen LogP contribution in [0.3, 0.4) is 0 Å². The number of piperidine rings is 1. The summed E-state index contributed by atoms with van der Waals surface area (Å²) in [5.41, 5.74) is 3.59. The molecule has 1 aromatic carbocycles. The van der Waals surface area contributed by atoms with Crippen molar-refractivity contribution in [2.45, 2.75) is 59.2 Å². The highest BCUT2D eigenvalue weighted by atomic mass is 32.1. The predicted octanol–water partition coefficient (Wildman–Crippen LogP) is 4.24. The quantitative estimate of drug-likeness (QED) is 0.784. The van der Waals surface area contributed by atoms with Crippen molar-refractivity contribution in [3.8, 4) is 5.69 Å². The first kappa shape index (κ1) is 16.4. The number of aromatic nitrogens is 3. The van der Waals surface area contributed by atoms with E-state index in [0.29, 0.717) is 6.04 Å². The second-order valence-corrected chi connectivity index (χ2v) is 6.95. The normalized spacial score (nSPS) is 19.2. The average Bonchev–Trinajstić information content (AvgIpc) is 2.91. The van der Waals surface area contributed by atoms with Crippen molar-refractivity contribution >= 4 is 12.2 Å². The Bertz CT molecular complexity index is 731. The molecule has 1 fully saturated rings. The highest BCUT2D eigenvalue weighted by molar-refractivity contribution is 7.71. The molecule has 0 spiro atoms. The molecule has 1 saturated heterocycles. The Balaban J connectivity index is 1.87. The fraction of sp³-hybridized carbons (Fsp3) is 0.556. The van der Waals surface area contributed by atoms with E-state index in [4.69, 9.17) is 12.2 Å². The van der Waals surface area contributed by atoms with Gasteiger partial charge in [-0.1, -0.05) is 25.5 Å². The van der Waals surface area contributed by atoms with Crippen LogP contribution in [0.2, 0.25) is 0 Å². The van der Waals surface area contributed by atoms with Crippen molar-refractivity contribution in [2.75, 3.05) is 6.54 Å². The van der Waals surface area contributed by atoms with Gasteiger partial charge in [-0.05, 0) is 62.5 Å². The minimum absolute atomic E-state index is 0.663. The molecule has 23 heavy (non-hydrogen) atoms. The summed E-state index contributed by atoms with van der Waals surface area (Å²) in [6.07, 6.45) is 6.97. The maximum Gasteiger partial charge on any atom is 0.203 e. The molecule has 0 N–H and O–H groups in total. The van der Waals surface area contributed by atoms with E-state index in [1.807, 2.05) is 15.6 Å². The van der Waals surface area contributed by atoms with E-state index < -0.39 is 0 Å². The van der Waals surface area contributed by atoms with E-state index in [2.05, 4.69) is 49.0 Å². The predicted molar refractivity (Wildman–Crippen MR) is 96.5 cm³/mol. The minimum atomic E-state index is 0.663. The number of nitrogens with zero attached hydrogens (tertiary/aromatic N) is 4. The second-order valence-electron chi connectivity index (χ2n) is 6.58. The van der Waals surface area contributed by atoms with E-state index in [1.165, 1.54) is 36.8 Å². The second kappa shape index (κ2) is 6.97. The van der Waals surface area contributed by atoms with Crippen LogP contribution >= 0.6 is 12.2 Å². The van der Waals surface area contributed by atoms with Gasteiger partial charge in [0.25, 0.3) is 0 Å². The van der Waals surface area contributed by atoms with Gasteiger partial charge in [-0.2, -0.15) is 5.10 Å². The van der Waals surface area contributed by atoms with Gasteiger partial charge in [0.2, 0.25) is 4.77 Å². The van der Waals surface area contributed by atoms with Gasteiger partial charge in [0.05, 0.1) is 12.4 Å². The molecule has 1 atom stereocenters. The summed E-state index contributed by atoms with van der Waals surface area (Å²) in [5, 5.41) is 4.56. The highest BCUT2D eigenvalue weighted by Gasteiger charge is 2.21. The summed E-state index contributed by atoms with van der Waals surface area (Å²) in [6.45, 7) is 8.45. The monoisotopic (exact) mass is 330 g/mol. The van der Waals surface area contributed by atoms with Crippen LogP contribution in [-0.2, 0) is 6.67 Å². The van der Waals surface area contributed by atoms with E-state index >= 15 is 0 Å². The van der Waals surface area contributed by atoms with Crippen LogP contribution in [0.5, 0.6) is 0 Å². The summed E-state index contributed by atoms with van der Waals surface area (Å²) in [6, 6.07) is 7.11. The van der Waals surface area contributed by atoms with Crippen molar-refractivity contribution in [3.63, 3.8) is 0 Å². The van der Waals surface area contributed by atoms with Crippen molar-refractivity contribution in [3.05, 3.63) is 40.4 Å². The molecule has 0 saturated carbocycles. The van der Waals surface area contributed by atoms with Crippen LogP contribution < -0.4 is 0 Å². The Morgan fingerprint density at radius 2 is 2.09 bits per heavy atom. The highest BCUT2D eigenvalue weighted by Crippen LogP contribution is 2.21. The smallest absolute Gasteiger partial charge is 0.203 e. The fourth-order valence-electron chi connectivity index (χ4n) is 3.46. The van der Waals surface area contributed by atoms with Crippen LogP contribution in [0.25, 0.3) is 5.69 Å². The molecule has 0 bridgehead atoms. The van der Waals surface area contributed by atoms with E-state index in [1.54, 1.807) is 0 Å². The standard InChI is InChI=1S/C18H26N4S/c1-4-16-7-5-6-10-20(16)13-22-18(23)21(12-19-22)17-11-14(2)8-9-15(17)3/h8-9,11-12,16H,4-7,10,13H2,1-3H3/t16-/m0/s1. The molecular weight excluding hydrogens is 304 g/mol. The molecule has 2 aromatic rings. The fourth-order valence-corrected chi connectivity index (χ4v) is 3.71. The van der Waals surface area contributed by atoms with Gasteiger partial charge in [-0.25, -0.2) is 4.68 Å². The van der Waals surface area contributed by atoms with Crippen LogP contribution in [0.4, 0.5) is 0 Å². The lowest BCUT2D eigenvalue weighted by atomic mass is 10.0. The summed E-state index contributed by atoms with van der Waals surface area (Å²) in [5.74, 6) is 0. The zero-order valence-corrected chi connectivity index (χ0v) is 15.1. The first-order valence-electron chi connectivity index (χ1n) is 8.56. The first-order valence-corrected chi connectivity index (χ1v) is 8.97. The Morgan fingerprint density at radius 3 is 2.87 bits per heavy atom. The topological polar surface area (TPSA) is 26.0 Å². The molecule has 5 heteroatoms. The Labute approximate surface area is 143 Å². The van der Waals surface area contributed by atoms with Gasteiger partial charge in [-0.15, -0.1) is 0 Å². The molecule has 1 aliphatic heterocycles. The summed E-state index contributed by atoms with van der Waals surface area (Å²) in [7, 11) is 0. The molecule has 0 aliphatic carbocycles. The molecule has 0 radical (unpaired) electrons. The third-order valence-electron chi connectivity index (χ3n) is 4.89. The maximum atomic E-state index is 5.69. The van der Waals surface area contributed by atoms with Gasteiger partial charge in [0, 0.05) is 12.6 Å². The van der Waals surface area contributed by atoms with Crippen molar-refractivity contribution in [1.82, 2.24) is 19.2 Å². The summed E-state index contributed by atoms with van der Waals surface area (Å²) in [4.78, 5) is 2.53. The van der Waals surface area contributed by atoms with Gasteiger partial charge in [-0.3, -0.25) is 9.47 Å². The molecule has 4 nitrogen and oxygen atoms in total. The van der Waals surface area contributed by atoms with Crippen LogP contribution in [-0.4, -0.2) is 31.8 Å². The zero-order chi connectivity index (χ0) is 16.4. The first-order chi connectivity index (χ1) is 11.1. The molecule has 0 amide bonds. The average molecular weight is 331 g/mol. The Morgan fingerprint density at radius 1 is 1.26 bits per heavy atom. The van der Waals surface area contributed by atoms with E-state index in [0.717, 1.165) is 23.7 Å². The molecule has 3 rings (SSSR count). The number of hydrogen-bond donors (Lipinski definition) is 0. The number of likely N-dealkylation sites (tertiary alicyclic amines) is 1. The van der Waals surface area contributed by atoms with Crippen LogP contribution in [0.1, 0.15) is 43.7 Å². The zero-order valence-electron chi connectivity index (χ0n) is 14.3. The molecule has 0 unspecified atom stereocenters. The number of hydrogen-bond acceptors (Lipinski definition) is 3. The summed E-state index contributed by atoms with van der Waals surface area (Å²) < 4.78 is 4.77. The third-order valence-corrected chi connectivity index (χ3v) is 5.30. The lowest BCUT2D eigenvalue weighted by Gasteiger charge is -2.34. The Kier molecular flexibility index (Phi) is 4.97. The molecule has 124 valence electrons. The number of rotatable bonds is 4. The van der Waals surface area contributed by atoms with Gasteiger partial charge in [0.15, 0.2) is 0 Å². The van der Waals surface area contributed by atoms with E-state index in [9.17, 15) is 0 Å². The largest absolute Gasteiger partial charge is 0.281 e. The lowest BCUT2D eigenvalue weighted by molar-refractivity contribution is 0.100. The van der Waals surface area contributed by atoms with Crippen molar-refractivity contribution in [2.24, 2.45) is 0 Å². The molecular formula is C18H26N4S. The Hall–Kier alpha value is -1.46. The van der Waals surface area contributed by atoms with Crippen LogP contribution in [0, 0.1) is 18.6 Å². The minimum Gasteiger partial charge on any atom is -0.281 e. The molecule has 1 aliphatic rings. The van der Waals surface area contributed by atoms with Crippen molar-refractivity contribution < 1.29 is 0 Å². The number of benzene rings is 1. The van der Waals surface area contributed by atoms with Gasteiger partial charge in [0.1, 0.15) is 6.33 Å². The van der Waals surface area contributed by atoms with Crippen LogP contribution in [0.15, 0.2) is 24.5 Å². The maximum absolute atomic E-state index is 5.69. The van der Waals surface area contributed by atoms with Gasteiger partial charge >= 0.3 is 0 Å². The third kappa shape index (κ3) is 3.40. The lowest BCUT2D eigenvalue weighted by Crippen LogP contribution is -2.40. The number of aryl methyl sites for hydroxylation is 2. The van der Waals surface area contributed by atoms with E-state index in [-0.39, 0.29) is 0 Å². The SMILES string of the molecule is CC[C@H]1CCCCN1Cn1ncn(-c2cc(C)ccc2C)c1=S. The molecule has 2 heterocycles. The summed E-state index contributed by atoms with van der Waals surface area (Å²) >= 11 is 5.69. The molecule has 1 aromatic heterocycles. The van der Waals surface area contributed by atoms with Crippen molar-refractivity contribution in [1.29, 1.82) is 0 Å². The van der Waals surface area contributed by atoms with Gasteiger partial charge < -0.3 is 0 Å².